The molecule has 0 aliphatic rings. The molecule has 4 nitrogen and oxygen atoms in total. The van der Waals surface area contributed by atoms with Gasteiger partial charge < -0.3 is 9.47 Å². The topological polar surface area (TPSA) is 54.3 Å². The maximum Gasteiger partial charge on any atom is 0.159 e. The molecule has 0 radical (unpaired) electrons. The van der Waals surface area contributed by atoms with Crippen LogP contribution in [0.2, 0.25) is 0 Å². The van der Waals surface area contributed by atoms with Gasteiger partial charge in [0.1, 0.15) is 5.54 Å². The van der Waals surface area contributed by atoms with Crippen LogP contribution in [0.4, 0.5) is 0 Å². The van der Waals surface area contributed by atoms with Crippen LogP contribution in [-0.4, -0.2) is 32.6 Å². The van der Waals surface area contributed by atoms with E-state index in [0.717, 1.165) is 0 Å². The average Bonchev–Trinajstić information content (AvgIpc) is 2.23. The summed E-state index contributed by atoms with van der Waals surface area (Å²) in [7, 11) is 3.11. The van der Waals surface area contributed by atoms with E-state index in [9.17, 15) is 0 Å². The van der Waals surface area contributed by atoms with Crippen LogP contribution in [0.5, 0.6) is 0 Å². The number of hydrogen-bond donors (Lipinski definition) is 1. The summed E-state index contributed by atoms with van der Waals surface area (Å²) in [5.74, 6) is 0. The molecule has 0 saturated heterocycles. The molecule has 0 heterocycles. The maximum atomic E-state index is 8.99. The van der Waals surface area contributed by atoms with Gasteiger partial charge in [0, 0.05) is 27.2 Å². The molecule has 0 aromatic carbocycles. The summed E-state index contributed by atoms with van der Waals surface area (Å²) in [4.78, 5) is 0. The highest BCUT2D eigenvalue weighted by atomic mass is 16.7. The first-order valence-corrected chi connectivity index (χ1v) is 4.44. The molecule has 0 aliphatic heterocycles. The molecular weight excluding hydrogens is 180 g/mol. The molecule has 1 unspecified atom stereocenters. The van der Waals surface area contributed by atoms with Crippen molar-refractivity contribution < 1.29 is 9.47 Å². The summed E-state index contributed by atoms with van der Waals surface area (Å²) in [6.45, 7) is 5.98. The Morgan fingerprint density at radius 2 is 2.14 bits per heavy atom. The molecule has 0 bridgehead atoms. The summed E-state index contributed by atoms with van der Waals surface area (Å²) < 4.78 is 10.1. The standard InChI is InChI=1S/C10H18N2O2/c1-5-6-12-10(2,8-11)7-9(13-3)14-4/h5,9,12H,1,6-7H2,2-4H3. The minimum atomic E-state index is -0.648. The van der Waals surface area contributed by atoms with Crippen LogP contribution in [0, 0.1) is 11.3 Å². The first kappa shape index (κ1) is 13.1. The van der Waals surface area contributed by atoms with Gasteiger partial charge in [-0.15, -0.1) is 6.58 Å². The van der Waals surface area contributed by atoms with E-state index in [0.29, 0.717) is 13.0 Å². The van der Waals surface area contributed by atoms with Crippen LogP contribution >= 0.6 is 0 Å². The quantitative estimate of drug-likeness (QED) is 0.491. The third-order valence-corrected chi connectivity index (χ3v) is 1.98. The monoisotopic (exact) mass is 198 g/mol. The first-order chi connectivity index (χ1) is 6.61. The maximum absolute atomic E-state index is 8.99. The minimum Gasteiger partial charge on any atom is -0.356 e. The Morgan fingerprint density at radius 3 is 2.50 bits per heavy atom. The highest BCUT2D eigenvalue weighted by molar-refractivity contribution is 5.05. The van der Waals surface area contributed by atoms with Gasteiger partial charge in [-0.05, 0) is 6.92 Å². The summed E-state index contributed by atoms with van der Waals surface area (Å²) in [6, 6.07) is 2.19. The van der Waals surface area contributed by atoms with Crippen LogP contribution in [0.3, 0.4) is 0 Å². The van der Waals surface area contributed by atoms with E-state index < -0.39 is 5.54 Å². The fourth-order valence-corrected chi connectivity index (χ4v) is 1.05. The summed E-state index contributed by atoms with van der Waals surface area (Å²) in [5.41, 5.74) is -0.648. The fourth-order valence-electron chi connectivity index (χ4n) is 1.05. The Hall–Kier alpha value is -0.890. The molecule has 80 valence electrons. The number of ether oxygens (including phenoxy) is 2. The molecule has 1 N–H and O–H groups in total. The molecule has 0 aliphatic carbocycles. The lowest BCUT2D eigenvalue weighted by Gasteiger charge is -2.26. The van der Waals surface area contributed by atoms with E-state index in [1.165, 1.54) is 0 Å². The fraction of sp³-hybridized carbons (Fsp3) is 0.700. The van der Waals surface area contributed by atoms with E-state index in [4.69, 9.17) is 14.7 Å². The van der Waals surface area contributed by atoms with Crippen LogP contribution in [0.15, 0.2) is 12.7 Å². The van der Waals surface area contributed by atoms with Gasteiger partial charge in [-0.1, -0.05) is 6.08 Å². The van der Waals surface area contributed by atoms with E-state index in [2.05, 4.69) is 18.0 Å². The van der Waals surface area contributed by atoms with Gasteiger partial charge in [-0.25, -0.2) is 0 Å². The average molecular weight is 198 g/mol. The van der Waals surface area contributed by atoms with Crippen molar-refractivity contribution >= 4 is 0 Å². The Bertz CT molecular complexity index is 209. The zero-order valence-corrected chi connectivity index (χ0v) is 9.04. The summed E-state index contributed by atoms with van der Waals surface area (Å²) >= 11 is 0. The predicted molar refractivity (Wildman–Crippen MR) is 54.6 cm³/mol. The van der Waals surface area contributed by atoms with Crippen molar-refractivity contribution in [3.05, 3.63) is 12.7 Å². The van der Waals surface area contributed by atoms with Crippen molar-refractivity contribution in [1.82, 2.24) is 5.32 Å². The van der Waals surface area contributed by atoms with Crippen molar-refractivity contribution in [3.63, 3.8) is 0 Å². The van der Waals surface area contributed by atoms with Crippen LogP contribution in [0.1, 0.15) is 13.3 Å². The third kappa shape index (κ3) is 4.38. The SMILES string of the molecule is C=CCNC(C)(C#N)CC(OC)OC. The smallest absolute Gasteiger partial charge is 0.159 e. The molecule has 0 amide bonds. The second-order valence-corrected chi connectivity index (χ2v) is 3.22. The molecule has 0 fully saturated rings. The largest absolute Gasteiger partial charge is 0.356 e. The van der Waals surface area contributed by atoms with E-state index >= 15 is 0 Å². The van der Waals surface area contributed by atoms with Crippen molar-refractivity contribution in [3.8, 4) is 6.07 Å². The number of nitriles is 1. The number of rotatable bonds is 7. The van der Waals surface area contributed by atoms with E-state index in [-0.39, 0.29) is 6.29 Å². The molecule has 0 aromatic rings. The van der Waals surface area contributed by atoms with Crippen molar-refractivity contribution in [2.75, 3.05) is 20.8 Å². The molecule has 4 heteroatoms. The molecule has 0 rings (SSSR count). The number of nitrogens with one attached hydrogen (secondary N) is 1. The minimum absolute atomic E-state index is 0.364. The highest BCUT2D eigenvalue weighted by Crippen LogP contribution is 2.13. The second kappa shape index (κ2) is 6.55. The van der Waals surface area contributed by atoms with Gasteiger partial charge in [0.15, 0.2) is 6.29 Å². The van der Waals surface area contributed by atoms with Gasteiger partial charge in [-0.2, -0.15) is 5.26 Å². The molecule has 14 heavy (non-hydrogen) atoms. The number of methoxy groups -OCH3 is 2. The molecule has 0 spiro atoms. The van der Waals surface area contributed by atoms with Crippen LogP contribution < -0.4 is 5.32 Å². The van der Waals surface area contributed by atoms with Gasteiger partial charge in [0.25, 0.3) is 0 Å². The normalized spacial score (nSPS) is 14.8. The predicted octanol–water partition coefficient (Wildman–Crippen LogP) is 1.05. The zero-order chi connectivity index (χ0) is 11.0. The Morgan fingerprint density at radius 1 is 1.57 bits per heavy atom. The summed E-state index contributed by atoms with van der Waals surface area (Å²) in [5, 5.41) is 12.0. The van der Waals surface area contributed by atoms with Crippen molar-refractivity contribution in [1.29, 1.82) is 5.26 Å². The van der Waals surface area contributed by atoms with Gasteiger partial charge in [0.2, 0.25) is 0 Å². The summed E-state index contributed by atoms with van der Waals surface area (Å²) in [6.07, 6.45) is 1.83. The molecular formula is C10H18N2O2. The first-order valence-electron chi connectivity index (χ1n) is 4.44. The van der Waals surface area contributed by atoms with Crippen LogP contribution in [0.25, 0.3) is 0 Å². The molecule has 0 saturated carbocycles. The van der Waals surface area contributed by atoms with Gasteiger partial charge in [-0.3, -0.25) is 5.32 Å². The van der Waals surface area contributed by atoms with E-state index in [1.807, 2.05) is 6.92 Å². The Kier molecular flexibility index (Phi) is 6.13. The van der Waals surface area contributed by atoms with Crippen LogP contribution in [-0.2, 0) is 9.47 Å². The van der Waals surface area contributed by atoms with Crippen molar-refractivity contribution in [2.45, 2.75) is 25.2 Å². The Labute approximate surface area is 85.5 Å². The highest BCUT2D eigenvalue weighted by Gasteiger charge is 2.27. The lowest BCUT2D eigenvalue weighted by Crippen LogP contribution is -2.44. The number of hydrogen-bond acceptors (Lipinski definition) is 4. The third-order valence-electron chi connectivity index (χ3n) is 1.98. The Balaban J connectivity index is 4.23. The zero-order valence-electron chi connectivity index (χ0n) is 9.04. The number of nitrogens with zero attached hydrogens (tertiary/aromatic N) is 1. The van der Waals surface area contributed by atoms with Gasteiger partial charge >= 0.3 is 0 Å². The molecule has 0 aromatic heterocycles. The van der Waals surface area contributed by atoms with Crippen molar-refractivity contribution in [2.24, 2.45) is 0 Å². The van der Waals surface area contributed by atoms with E-state index in [1.54, 1.807) is 20.3 Å². The lowest BCUT2D eigenvalue weighted by atomic mass is 9.99. The second-order valence-electron chi connectivity index (χ2n) is 3.22. The molecule has 1 atom stereocenters. The lowest BCUT2D eigenvalue weighted by molar-refractivity contribution is -0.114. The van der Waals surface area contributed by atoms with Gasteiger partial charge in [0.05, 0.1) is 6.07 Å².